The van der Waals surface area contributed by atoms with Crippen LogP contribution in [0.5, 0.6) is 0 Å². The van der Waals surface area contributed by atoms with Gasteiger partial charge in [0, 0.05) is 12.6 Å². The number of anilines is 1. The molecule has 2 aromatic rings. The van der Waals surface area contributed by atoms with Crippen LogP contribution in [0.4, 0.5) is 19.0 Å². The fourth-order valence-electron chi connectivity index (χ4n) is 1.86. The second-order valence-electron chi connectivity index (χ2n) is 4.14. The van der Waals surface area contributed by atoms with Gasteiger partial charge in [-0.25, -0.2) is 19.3 Å². The fraction of sp³-hybridized carbons (Fsp3) is 0.500. The number of hydrogen-bond donors (Lipinski definition) is 2. The number of rotatable bonds is 4. The lowest BCUT2D eigenvalue weighted by atomic mass is 10.4. The number of aryl methyl sites for hydroxylation is 1. The van der Waals surface area contributed by atoms with Crippen LogP contribution in [0, 0.1) is 6.92 Å². The van der Waals surface area contributed by atoms with Gasteiger partial charge in [-0.15, -0.1) is 0 Å². The first-order valence-corrected chi connectivity index (χ1v) is 5.69. The molecule has 0 aliphatic heterocycles. The predicted molar refractivity (Wildman–Crippen MR) is 63.7 cm³/mol. The number of aliphatic hydroxyl groups excluding tert-OH is 1. The van der Waals surface area contributed by atoms with Crippen molar-refractivity contribution in [2.45, 2.75) is 13.1 Å². The molecule has 0 saturated carbocycles. The molecule has 0 radical (unpaired) electrons. The molecule has 0 fully saturated rings. The quantitative estimate of drug-likeness (QED) is 0.833. The van der Waals surface area contributed by atoms with Crippen LogP contribution in [0.3, 0.4) is 0 Å². The van der Waals surface area contributed by atoms with Gasteiger partial charge in [0.15, 0.2) is 5.65 Å². The standard InChI is InChI=1S/C10H12F3N5O2/c1-6-14-7(4-8-15-16-9(20)18(6)8)17(2-3-19)5-10(11,12)13/h4,19H,2-3,5H2,1H3,(H,16,20). The van der Waals surface area contributed by atoms with Crippen LogP contribution >= 0.6 is 0 Å². The third kappa shape index (κ3) is 2.90. The molecule has 0 aliphatic carbocycles. The number of nitrogens with one attached hydrogen (secondary N) is 1. The Hall–Kier alpha value is -2.10. The van der Waals surface area contributed by atoms with Gasteiger partial charge in [-0.2, -0.15) is 18.3 Å². The van der Waals surface area contributed by atoms with Crippen molar-refractivity contribution in [2.75, 3.05) is 24.6 Å². The molecule has 2 rings (SSSR count). The molecule has 0 atom stereocenters. The van der Waals surface area contributed by atoms with E-state index in [-0.39, 0.29) is 23.8 Å². The van der Waals surface area contributed by atoms with E-state index in [1.807, 2.05) is 0 Å². The van der Waals surface area contributed by atoms with Crippen molar-refractivity contribution in [3.05, 3.63) is 22.4 Å². The second-order valence-corrected chi connectivity index (χ2v) is 4.14. The van der Waals surface area contributed by atoms with Gasteiger partial charge >= 0.3 is 11.9 Å². The molecular weight excluding hydrogens is 279 g/mol. The van der Waals surface area contributed by atoms with Crippen LogP contribution in [-0.2, 0) is 0 Å². The normalized spacial score (nSPS) is 12.1. The third-order valence-electron chi connectivity index (χ3n) is 2.62. The van der Waals surface area contributed by atoms with Crippen LogP contribution < -0.4 is 10.6 Å². The number of H-pyrrole nitrogens is 1. The first-order chi connectivity index (χ1) is 9.31. The Morgan fingerprint density at radius 2 is 2.20 bits per heavy atom. The average Bonchev–Trinajstić information content (AvgIpc) is 2.69. The topological polar surface area (TPSA) is 86.5 Å². The summed E-state index contributed by atoms with van der Waals surface area (Å²) in [6.45, 7) is -0.435. The Kier molecular flexibility index (Phi) is 3.66. The number of alkyl halides is 3. The zero-order valence-electron chi connectivity index (χ0n) is 10.5. The Morgan fingerprint density at radius 3 is 2.80 bits per heavy atom. The molecule has 0 aromatic carbocycles. The van der Waals surface area contributed by atoms with Gasteiger partial charge < -0.3 is 10.0 Å². The van der Waals surface area contributed by atoms with Crippen LogP contribution in [0.2, 0.25) is 0 Å². The minimum atomic E-state index is -4.43. The lowest BCUT2D eigenvalue weighted by molar-refractivity contribution is -0.120. The molecule has 0 aliphatic rings. The van der Waals surface area contributed by atoms with Gasteiger partial charge in [-0.05, 0) is 6.92 Å². The first-order valence-electron chi connectivity index (χ1n) is 5.69. The zero-order chi connectivity index (χ0) is 14.9. The fourth-order valence-corrected chi connectivity index (χ4v) is 1.86. The van der Waals surface area contributed by atoms with Crippen molar-refractivity contribution < 1.29 is 18.3 Å². The summed E-state index contributed by atoms with van der Waals surface area (Å²) in [7, 11) is 0. The highest BCUT2D eigenvalue weighted by Gasteiger charge is 2.31. The molecule has 10 heteroatoms. The highest BCUT2D eigenvalue weighted by atomic mass is 19.4. The third-order valence-corrected chi connectivity index (χ3v) is 2.62. The number of aromatic nitrogens is 4. The van der Waals surface area contributed by atoms with Gasteiger partial charge in [0.1, 0.15) is 18.2 Å². The highest BCUT2D eigenvalue weighted by molar-refractivity contribution is 5.51. The summed E-state index contributed by atoms with van der Waals surface area (Å²) in [5, 5.41) is 14.8. The van der Waals surface area contributed by atoms with E-state index in [1.54, 1.807) is 0 Å². The maximum absolute atomic E-state index is 12.5. The van der Waals surface area contributed by atoms with Crippen molar-refractivity contribution in [3.8, 4) is 0 Å². The molecule has 0 bridgehead atoms. The van der Waals surface area contributed by atoms with E-state index in [1.165, 1.54) is 13.0 Å². The molecule has 0 amide bonds. The minimum Gasteiger partial charge on any atom is -0.395 e. The average molecular weight is 291 g/mol. The Morgan fingerprint density at radius 1 is 1.50 bits per heavy atom. The zero-order valence-corrected chi connectivity index (χ0v) is 10.5. The van der Waals surface area contributed by atoms with Crippen LogP contribution in [0.1, 0.15) is 5.82 Å². The van der Waals surface area contributed by atoms with Crippen molar-refractivity contribution in [1.29, 1.82) is 0 Å². The molecule has 2 N–H and O–H groups in total. The van der Waals surface area contributed by atoms with Gasteiger partial charge in [0.25, 0.3) is 0 Å². The summed E-state index contributed by atoms with van der Waals surface area (Å²) in [6.07, 6.45) is -4.43. The van der Waals surface area contributed by atoms with Gasteiger partial charge in [-0.1, -0.05) is 0 Å². The summed E-state index contributed by atoms with van der Waals surface area (Å²) < 4.78 is 38.7. The second kappa shape index (κ2) is 5.12. The Labute approximate surface area is 110 Å². The Bertz CT molecular complexity index is 663. The summed E-state index contributed by atoms with van der Waals surface area (Å²) in [5.74, 6) is 0.210. The van der Waals surface area contributed by atoms with E-state index in [4.69, 9.17) is 5.11 Å². The smallest absolute Gasteiger partial charge is 0.395 e. The van der Waals surface area contributed by atoms with E-state index in [0.717, 1.165) is 9.30 Å². The number of halogens is 3. The predicted octanol–water partition coefficient (Wildman–Crippen LogP) is 0.0870. The molecule has 2 heterocycles. The number of hydrogen-bond acceptors (Lipinski definition) is 5. The number of aliphatic hydroxyl groups is 1. The van der Waals surface area contributed by atoms with Crippen molar-refractivity contribution in [3.63, 3.8) is 0 Å². The summed E-state index contributed by atoms with van der Waals surface area (Å²) in [4.78, 5) is 16.2. The first kappa shape index (κ1) is 14.3. The van der Waals surface area contributed by atoms with Crippen LogP contribution in [0.15, 0.2) is 10.9 Å². The van der Waals surface area contributed by atoms with E-state index in [9.17, 15) is 18.0 Å². The van der Waals surface area contributed by atoms with Crippen molar-refractivity contribution in [1.82, 2.24) is 19.6 Å². The number of aromatic amines is 1. The molecular formula is C10H12F3N5O2. The largest absolute Gasteiger partial charge is 0.405 e. The maximum Gasteiger partial charge on any atom is 0.405 e. The molecule has 20 heavy (non-hydrogen) atoms. The maximum atomic E-state index is 12.5. The summed E-state index contributed by atoms with van der Waals surface area (Å²) in [6, 6.07) is 1.26. The lowest BCUT2D eigenvalue weighted by Gasteiger charge is -2.24. The van der Waals surface area contributed by atoms with Gasteiger partial charge in [0.2, 0.25) is 0 Å². The summed E-state index contributed by atoms with van der Waals surface area (Å²) >= 11 is 0. The molecule has 0 unspecified atom stereocenters. The number of nitrogens with zero attached hydrogens (tertiary/aromatic N) is 4. The monoisotopic (exact) mass is 291 g/mol. The molecule has 2 aromatic heterocycles. The molecule has 110 valence electrons. The highest BCUT2D eigenvalue weighted by Crippen LogP contribution is 2.21. The van der Waals surface area contributed by atoms with E-state index >= 15 is 0 Å². The van der Waals surface area contributed by atoms with Crippen LogP contribution in [-0.4, -0.2) is 50.6 Å². The SMILES string of the molecule is Cc1nc(N(CCO)CC(F)(F)F)cc2n[nH]c(=O)n12. The van der Waals surface area contributed by atoms with Gasteiger partial charge in [0.05, 0.1) is 6.61 Å². The van der Waals surface area contributed by atoms with Gasteiger partial charge in [-0.3, -0.25) is 0 Å². The summed E-state index contributed by atoms with van der Waals surface area (Å²) in [5.41, 5.74) is -0.344. The molecule has 7 nitrogen and oxygen atoms in total. The van der Waals surface area contributed by atoms with E-state index < -0.39 is 25.0 Å². The van der Waals surface area contributed by atoms with E-state index in [2.05, 4.69) is 15.2 Å². The molecule has 0 spiro atoms. The number of fused-ring (bicyclic) bond motifs is 1. The molecule has 0 saturated heterocycles. The van der Waals surface area contributed by atoms with Crippen molar-refractivity contribution in [2.24, 2.45) is 0 Å². The Balaban J connectivity index is 2.45. The lowest BCUT2D eigenvalue weighted by Crippen LogP contribution is -2.37. The van der Waals surface area contributed by atoms with E-state index in [0.29, 0.717) is 0 Å². The van der Waals surface area contributed by atoms with Crippen molar-refractivity contribution >= 4 is 11.5 Å². The van der Waals surface area contributed by atoms with Crippen LogP contribution in [0.25, 0.3) is 5.65 Å². The minimum absolute atomic E-state index is 0.000347.